The number of likely N-dealkylation sites (tertiary alicyclic amines) is 1. The molecule has 2 aromatic rings. The van der Waals surface area contributed by atoms with E-state index in [2.05, 4.69) is 10.4 Å². The van der Waals surface area contributed by atoms with Gasteiger partial charge in [0, 0.05) is 36.5 Å². The summed E-state index contributed by atoms with van der Waals surface area (Å²) in [6.45, 7) is 3.60. The van der Waals surface area contributed by atoms with Gasteiger partial charge < -0.3 is 10.0 Å². The highest BCUT2D eigenvalue weighted by atomic mass is 32.1. The molecule has 1 saturated heterocycles. The molecule has 0 atom stereocenters. The number of aromatic carboxylic acids is 1. The van der Waals surface area contributed by atoms with Crippen LogP contribution in [0.15, 0.2) is 29.6 Å². The summed E-state index contributed by atoms with van der Waals surface area (Å²) in [6, 6.07) is 6.74. The lowest BCUT2D eigenvalue weighted by Gasteiger charge is -2.31. The molecule has 1 aromatic carbocycles. The number of amides is 1. The second-order valence-corrected chi connectivity index (χ2v) is 7.37. The summed E-state index contributed by atoms with van der Waals surface area (Å²) in [6.07, 6.45) is 3.07. The van der Waals surface area contributed by atoms with Crippen LogP contribution in [-0.4, -0.2) is 40.0 Å². The number of aromatic nitrogens is 1. The molecule has 1 aliphatic heterocycles. The number of thiazole rings is 1. The van der Waals surface area contributed by atoms with Crippen LogP contribution in [0.5, 0.6) is 0 Å². The zero-order valence-corrected chi connectivity index (χ0v) is 15.1. The Hall–Kier alpha value is -2.21. The molecule has 0 saturated carbocycles. The van der Waals surface area contributed by atoms with Crippen LogP contribution in [0.2, 0.25) is 0 Å². The number of benzene rings is 1. The molecular weight excluding hydrogens is 336 g/mol. The number of carboxylic acid groups (broad SMARTS) is 1. The van der Waals surface area contributed by atoms with E-state index in [1.807, 2.05) is 11.8 Å². The van der Waals surface area contributed by atoms with E-state index in [4.69, 9.17) is 5.11 Å². The SMILES string of the molecule is Cc1csc(C2CCN(C(=O)CCc3ccc(C(=O)O)cc3)CC2)n1. The van der Waals surface area contributed by atoms with Gasteiger partial charge in [-0.05, 0) is 43.9 Å². The van der Waals surface area contributed by atoms with Gasteiger partial charge in [0.2, 0.25) is 5.91 Å². The Morgan fingerprint density at radius 1 is 1.24 bits per heavy atom. The zero-order chi connectivity index (χ0) is 17.8. The van der Waals surface area contributed by atoms with Crippen molar-refractivity contribution < 1.29 is 14.7 Å². The summed E-state index contributed by atoms with van der Waals surface area (Å²) in [4.78, 5) is 29.8. The Balaban J connectivity index is 1.47. The quantitative estimate of drug-likeness (QED) is 0.888. The van der Waals surface area contributed by atoms with Crippen molar-refractivity contribution >= 4 is 23.2 Å². The number of piperidine rings is 1. The third kappa shape index (κ3) is 4.45. The monoisotopic (exact) mass is 358 g/mol. The van der Waals surface area contributed by atoms with Gasteiger partial charge in [-0.2, -0.15) is 0 Å². The molecular formula is C19H22N2O3S. The molecule has 0 unspecified atom stereocenters. The van der Waals surface area contributed by atoms with Gasteiger partial charge in [0.1, 0.15) is 0 Å². The molecule has 2 heterocycles. The maximum absolute atomic E-state index is 12.4. The lowest BCUT2D eigenvalue weighted by molar-refractivity contribution is -0.132. The number of carbonyl (C=O) groups excluding carboxylic acids is 1. The Morgan fingerprint density at radius 2 is 1.92 bits per heavy atom. The van der Waals surface area contributed by atoms with Crippen molar-refractivity contribution in [1.82, 2.24) is 9.88 Å². The van der Waals surface area contributed by atoms with Crippen LogP contribution < -0.4 is 0 Å². The molecule has 132 valence electrons. The molecule has 1 aliphatic rings. The highest BCUT2D eigenvalue weighted by molar-refractivity contribution is 7.09. The third-order valence-corrected chi connectivity index (χ3v) is 5.79. The number of nitrogens with zero attached hydrogens (tertiary/aromatic N) is 2. The minimum atomic E-state index is -0.930. The fourth-order valence-corrected chi connectivity index (χ4v) is 4.13. The standard InChI is InChI=1S/C19H22N2O3S/c1-13-12-25-18(20-13)15-8-10-21(11-9-15)17(22)7-4-14-2-5-16(6-3-14)19(23)24/h2-3,5-6,12,15H,4,7-11H2,1H3,(H,23,24). The Morgan fingerprint density at radius 3 is 2.48 bits per heavy atom. The second kappa shape index (κ2) is 7.78. The molecule has 1 fully saturated rings. The van der Waals surface area contributed by atoms with Crippen LogP contribution >= 0.6 is 11.3 Å². The number of rotatable bonds is 5. The van der Waals surface area contributed by atoms with Crippen molar-refractivity contribution in [1.29, 1.82) is 0 Å². The van der Waals surface area contributed by atoms with Gasteiger partial charge in [-0.1, -0.05) is 12.1 Å². The van der Waals surface area contributed by atoms with Crippen molar-refractivity contribution in [2.24, 2.45) is 0 Å². The largest absolute Gasteiger partial charge is 0.478 e. The number of carbonyl (C=O) groups is 2. The Bertz CT molecular complexity index is 746. The first-order chi connectivity index (χ1) is 12.0. The number of hydrogen-bond donors (Lipinski definition) is 1. The van der Waals surface area contributed by atoms with E-state index in [1.54, 1.807) is 35.6 Å². The van der Waals surface area contributed by atoms with Crippen LogP contribution in [0.25, 0.3) is 0 Å². The van der Waals surface area contributed by atoms with Crippen LogP contribution in [0.1, 0.15) is 51.8 Å². The van der Waals surface area contributed by atoms with Gasteiger partial charge in [0.25, 0.3) is 0 Å². The first-order valence-electron chi connectivity index (χ1n) is 8.55. The second-order valence-electron chi connectivity index (χ2n) is 6.48. The Labute approximate surface area is 151 Å². The van der Waals surface area contributed by atoms with Gasteiger partial charge in [-0.25, -0.2) is 9.78 Å². The highest BCUT2D eigenvalue weighted by Crippen LogP contribution is 2.30. The molecule has 0 radical (unpaired) electrons. The van der Waals surface area contributed by atoms with Gasteiger partial charge in [-0.3, -0.25) is 4.79 Å². The van der Waals surface area contributed by atoms with Crippen molar-refractivity contribution in [2.45, 2.75) is 38.5 Å². The van der Waals surface area contributed by atoms with E-state index in [1.165, 1.54) is 5.01 Å². The molecule has 0 spiro atoms. The summed E-state index contributed by atoms with van der Waals surface area (Å²) in [5.41, 5.74) is 2.34. The predicted octanol–water partition coefficient (Wildman–Crippen LogP) is 3.49. The van der Waals surface area contributed by atoms with E-state index in [0.29, 0.717) is 18.8 Å². The lowest BCUT2D eigenvalue weighted by atomic mass is 9.97. The smallest absolute Gasteiger partial charge is 0.335 e. The van der Waals surface area contributed by atoms with Gasteiger partial charge in [0.15, 0.2) is 0 Å². The fourth-order valence-electron chi connectivity index (χ4n) is 3.16. The van der Waals surface area contributed by atoms with Crippen LogP contribution in [0, 0.1) is 6.92 Å². The molecule has 0 aliphatic carbocycles. The normalized spacial score (nSPS) is 15.3. The summed E-state index contributed by atoms with van der Waals surface area (Å²) < 4.78 is 0. The lowest BCUT2D eigenvalue weighted by Crippen LogP contribution is -2.38. The van der Waals surface area contributed by atoms with E-state index in [9.17, 15) is 9.59 Å². The zero-order valence-electron chi connectivity index (χ0n) is 14.3. The minimum absolute atomic E-state index is 0.177. The van der Waals surface area contributed by atoms with Crippen LogP contribution in [0.3, 0.4) is 0 Å². The molecule has 5 nitrogen and oxygen atoms in total. The van der Waals surface area contributed by atoms with Gasteiger partial charge >= 0.3 is 5.97 Å². The molecule has 1 N–H and O–H groups in total. The van der Waals surface area contributed by atoms with Crippen LogP contribution in [0.4, 0.5) is 0 Å². The molecule has 0 bridgehead atoms. The summed E-state index contributed by atoms with van der Waals surface area (Å²) in [5, 5.41) is 12.2. The molecule has 1 aromatic heterocycles. The Kier molecular flexibility index (Phi) is 5.48. The number of hydrogen-bond acceptors (Lipinski definition) is 4. The highest BCUT2D eigenvalue weighted by Gasteiger charge is 2.25. The molecule has 6 heteroatoms. The van der Waals surface area contributed by atoms with Crippen molar-refractivity contribution in [3.8, 4) is 0 Å². The average molecular weight is 358 g/mol. The van der Waals surface area contributed by atoms with Gasteiger partial charge in [-0.15, -0.1) is 11.3 Å². The fraction of sp³-hybridized carbons (Fsp3) is 0.421. The maximum Gasteiger partial charge on any atom is 0.335 e. The third-order valence-electron chi connectivity index (χ3n) is 4.66. The van der Waals surface area contributed by atoms with E-state index < -0.39 is 5.97 Å². The van der Waals surface area contributed by atoms with E-state index >= 15 is 0 Å². The molecule has 3 rings (SSSR count). The number of carboxylic acids is 1. The summed E-state index contributed by atoms with van der Waals surface area (Å²) >= 11 is 1.72. The maximum atomic E-state index is 12.4. The summed E-state index contributed by atoms with van der Waals surface area (Å²) in [7, 11) is 0. The molecule has 1 amide bonds. The average Bonchev–Trinajstić information content (AvgIpc) is 3.06. The predicted molar refractivity (Wildman–Crippen MR) is 97.1 cm³/mol. The summed E-state index contributed by atoms with van der Waals surface area (Å²) in [5.74, 6) is -0.275. The van der Waals surface area contributed by atoms with E-state index in [-0.39, 0.29) is 11.5 Å². The number of aryl methyl sites for hydroxylation is 2. The van der Waals surface area contributed by atoms with Crippen molar-refractivity contribution in [3.63, 3.8) is 0 Å². The first kappa shape index (κ1) is 17.6. The minimum Gasteiger partial charge on any atom is -0.478 e. The van der Waals surface area contributed by atoms with Crippen LogP contribution in [-0.2, 0) is 11.2 Å². The topological polar surface area (TPSA) is 70.5 Å². The van der Waals surface area contributed by atoms with Crippen molar-refractivity contribution in [3.05, 3.63) is 51.5 Å². The first-order valence-corrected chi connectivity index (χ1v) is 9.43. The van der Waals surface area contributed by atoms with E-state index in [0.717, 1.165) is 37.2 Å². The molecule has 25 heavy (non-hydrogen) atoms. The van der Waals surface area contributed by atoms with Gasteiger partial charge in [0.05, 0.1) is 10.6 Å². The van der Waals surface area contributed by atoms with Crippen molar-refractivity contribution in [2.75, 3.05) is 13.1 Å².